The minimum atomic E-state index is -0.821. The third-order valence-electron chi connectivity index (χ3n) is 5.82. The van der Waals surface area contributed by atoms with E-state index in [1.54, 1.807) is 25.7 Å². The summed E-state index contributed by atoms with van der Waals surface area (Å²) in [6.07, 6.45) is 1.99. The van der Waals surface area contributed by atoms with Gasteiger partial charge in [-0.3, -0.25) is 9.59 Å². The maximum Gasteiger partial charge on any atom is 0.408 e. The SMILES string of the molecule is CCCCCN(C(=O)CNC(=O)OC(C)(C)C)C(C(=O)NCc1ccccc1)c1ccc(C)c(C)c1. The highest BCUT2D eigenvalue weighted by Gasteiger charge is 2.31. The lowest BCUT2D eigenvalue weighted by molar-refractivity contribution is -0.140. The molecule has 3 amide bonds. The van der Waals surface area contributed by atoms with E-state index in [-0.39, 0.29) is 18.4 Å². The van der Waals surface area contributed by atoms with E-state index in [0.29, 0.717) is 13.1 Å². The summed E-state index contributed by atoms with van der Waals surface area (Å²) in [5.41, 5.74) is 3.19. The van der Waals surface area contributed by atoms with Crippen LogP contribution < -0.4 is 10.6 Å². The molecule has 196 valence electrons. The van der Waals surface area contributed by atoms with Gasteiger partial charge in [-0.2, -0.15) is 0 Å². The number of hydrogen-bond donors (Lipinski definition) is 2. The molecule has 0 heterocycles. The van der Waals surface area contributed by atoms with Crippen LogP contribution in [0, 0.1) is 13.8 Å². The predicted octanol–water partition coefficient (Wildman–Crippen LogP) is 5.20. The van der Waals surface area contributed by atoms with Crippen molar-refractivity contribution in [1.82, 2.24) is 15.5 Å². The quantitative estimate of drug-likeness (QED) is 0.419. The first-order valence-corrected chi connectivity index (χ1v) is 12.7. The zero-order valence-electron chi connectivity index (χ0n) is 22.5. The second-order valence-electron chi connectivity index (χ2n) is 10.1. The van der Waals surface area contributed by atoms with Gasteiger partial charge in [0.1, 0.15) is 18.2 Å². The van der Waals surface area contributed by atoms with Gasteiger partial charge in [0, 0.05) is 13.1 Å². The molecule has 2 N–H and O–H groups in total. The zero-order chi connectivity index (χ0) is 26.7. The fourth-order valence-corrected chi connectivity index (χ4v) is 3.78. The Morgan fingerprint density at radius 3 is 2.25 bits per heavy atom. The van der Waals surface area contributed by atoms with Crippen molar-refractivity contribution >= 4 is 17.9 Å². The van der Waals surface area contributed by atoms with E-state index in [4.69, 9.17) is 4.74 Å². The maximum absolute atomic E-state index is 13.6. The van der Waals surface area contributed by atoms with E-state index in [2.05, 4.69) is 17.6 Å². The second-order valence-corrected chi connectivity index (χ2v) is 10.1. The molecule has 0 spiro atoms. The van der Waals surface area contributed by atoms with Gasteiger partial charge in [0.05, 0.1) is 0 Å². The Morgan fingerprint density at radius 2 is 1.64 bits per heavy atom. The molecule has 7 heteroatoms. The van der Waals surface area contributed by atoms with Crippen molar-refractivity contribution in [2.75, 3.05) is 13.1 Å². The summed E-state index contributed by atoms with van der Waals surface area (Å²) in [5.74, 6) is -0.598. The molecule has 2 aromatic rings. The Morgan fingerprint density at radius 1 is 0.944 bits per heavy atom. The van der Waals surface area contributed by atoms with Crippen molar-refractivity contribution in [3.05, 3.63) is 70.8 Å². The fourth-order valence-electron chi connectivity index (χ4n) is 3.78. The first-order chi connectivity index (χ1) is 17.0. The van der Waals surface area contributed by atoms with Gasteiger partial charge in [-0.1, -0.05) is 68.3 Å². The van der Waals surface area contributed by atoms with Crippen LogP contribution in [0.3, 0.4) is 0 Å². The molecule has 0 radical (unpaired) electrons. The highest BCUT2D eigenvalue weighted by Crippen LogP contribution is 2.25. The highest BCUT2D eigenvalue weighted by molar-refractivity contribution is 5.90. The average molecular weight is 496 g/mol. The largest absolute Gasteiger partial charge is 0.444 e. The van der Waals surface area contributed by atoms with Crippen LogP contribution in [-0.4, -0.2) is 41.5 Å². The number of carbonyl (C=O) groups excluding carboxylic acids is 3. The van der Waals surface area contributed by atoms with Gasteiger partial charge in [-0.05, 0) is 63.3 Å². The topological polar surface area (TPSA) is 87.7 Å². The van der Waals surface area contributed by atoms with Crippen LogP contribution in [0.4, 0.5) is 4.79 Å². The van der Waals surface area contributed by atoms with E-state index < -0.39 is 17.7 Å². The smallest absolute Gasteiger partial charge is 0.408 e. The van der Waals surface area contributed by atoms with Gasteiger partial charge >= 0.3 is 6.09 Å². The zero-order valence-corrected chi connectivity index (χ0v) is 22.5. The van der Waals surface area contributed by atoms with E-state index in [9.17, 15) is 14.4 Å². The molecule has 0 bridgehead atoms. The van der Waals surface area contributed by atoms with Crippen LogP contribution in [0.2, 0.25) is 0 Å². The molecule has 0 saturated heterocycles. The Bertz CT molecular complexity index is 1010. The van der Waals surface area contributed by atoms with Crippen LogP contribution in [0.25, 0.3) is 0 Å². The molecular weight excluding hydrogens is 454 g/mol. The summed E-state index contributed by atoms with van der Waals surface area (Å²) in [7, 11) is 0. The number of aryl methyl sites for hydroxylation is 2. The summed E-state index contributed by atoms with van der Waals surface area (Å²) in [6, 6.07) is 14.7. The second kappa shape index (κ2) is 13.7. The molecule has 36 heavy (non-hydrogen) atoms. The normalized spacial score (nSPS) is 11.9. The van der Waals surface area contributed by atoms with Gasteiger partial charge in [0.2, 0.25) is 11.8 Å². The number of hydrogen-bond acceptors (Lipinski definition) is 4. The summed E-state index contributed by atoms with van der Waals surface area (Å²) in [5, 5.41) is 5.56. The van der Waals surface area contributed by atoms with Crippen LogP contribution in [0.5, 0.6) is 0 Å². The van der Waals surface area contributed by atoms with Crippen molar-refractivity contribution < 1.29 is 19.1 Å². The lowest BCUT2D eigenvalue weighted by atomic mass is 9.98. The third kappa shape index (κ3) is 9.36. The van der Waals surface area contributed by atoms with E-state index in [1.165, 1.54) is 0 Å². The Hall–Kier alpha value is -3.35. The number of nitrogens with one attached hydrogen (secondary N) is 2. The number of amides is 3. The maximum atomic E-state index is 13.6. The highest BCUT2D eigenvalue weighted by atomic mass is 16.6. The fraction of sp³-hybridized carbons (Fsp3) is 0.483. The van der Waals surface area contributed by atoms with Crippen LogP contribution in [-0.2, 0) is 20.9 Å². The van der Waals surface area contributed by atoms with E-state index in [0.717, 1.165) is 41.5 Å². The van der Waals surface area contributed by atoms with Gasteiger partial charge in [0.15, 0.2) is 0 Å². The number of benzene rings is 2. The standard InChI is InChI=1S/C29H41N3O4/c1-7-8-12-17-32(25(33)20-31-28(35)36-29(4,5)6)26(24-16-15-21(2)22(3)18-24)27(34)30-19-23-13-10-9-11-14-23/h9-11,13-16,18,26H,7-8,12,17,19-20H2,1-6H3,(H,30,34)(H,31,35). The molecule has 7 nitrogen and oxygen atoms in total. The van der Waals surface area contributed by atoms with Crippen LogP contribution in [0.1, 0.15) is 75.3 Å². The molecule has 1 unspecified atom stereocenters. The summed E-state index contributed by atoms with van der Waals surface area (Å²) < 4.78 is 5.28. The summed E-state index contributed by atoms with van der Waals surface area (Å²) in [4.78, 5) is 40.8. The minimum absolute atomic E-state index is 0.256. The molecule has 0 saturated carbocycles. The molecular formula is C29H41N3O4. The van der Waals surface area contributed by atoms with E-state index >= 15 is 0 Å². The van der Waals surface area contributed by atoms with Gasteiger partial charge in [-0.15, -0.1) is 0 Å². The third-order valence-corrected chi connectivity index (χ3v) is 5.82. The number of alkyl carbamates (subject to hydrolysis) is 1. The number of unbranched alkanes of at least 4 members (excludes halogenated alkanes) is 2. The lowest BCUT2D eigenvalue weighted by Gasteiger charge is -2.32. The van der Waals surface area contributed by atoms with Crippen molar-refractivity contribution in [3.8, 4) is 0 Å². The van der Waals surface area contributed by atoms with Crippen molar-refractivity contribution in [3.63, 3.8) is 0 Å². The van der Waals surface area contributed by atoms with Gasteiger partial charge < -0.3 is 20.3 Å². The Kier molecular flexibility index (Phi) is 11.0. The summed E-state index contributed by atoms with van der Waals surface area (Å²) >= 11 is 0. The van der Waals surface area contributed by atoms with Crippen molar-refractivity contribution in [2.45, 2.75) is 79.0 Å². The summed E-state index contributed by atoms with van der Waals surface area (Å²) in [6.45, 7) is 11.9. The van der Waals surface area contributed by atoms with Gasteiger partial charge in [-0.25, -0.2) is 4.79 Å². The molecule has 0 aliphatic carbocycles. The minimum Gasteiger partial charge on any atom is -0.444 e. The monoisotopic (exact) mass is 495 g/mol. The lowest BCUT2D eigenvalue weighted by Crippen LogP contribution is -2.48. The number of rotatable bonds is 11. The number of nitrogens with zero attached hydrogens (tertiary/aromatic N) is 1. The molecule has 2 rings (SSSR count). The average Bonchev–Trinajstić information content (AvgIpc) is 2.82. The molecule has 0 fully saturated rings. The first-order valence-electron chi connectivity index (χ1n) is 12.7. The predicted molar refractivity (Wildman–Crippen MR) is 142 cm³/mol. The Balaban J connectivity index is 2.32. The Labute approximate surface area is 215 Å². The molecule has 0 aromatic heterocycles. The molecule has 2 aromatic carbocycles. The van der Waals surface area contributed by atoms with Gasteiger partial charge in [0.25, 0.3) is 0 Å². The van der Waals surface area contributed by atoms with Crippen LogP contribution >= 0.6 is 0 Å². The van der Waals surface area contributed by atoms with Crippen molar-refractivity contribution in [1.29, 1.82) is 0 Å². The number of ether oxygens (including phenoxy) is 1. The molecule has 0 aliphatic heterocycles. The van der Waals surface area contributed by atoms with E-state index in [1.807, 2.05) is 62.4 Å². The number of carbonyl (C=O) groups is 3. The first kappa shape index (κ1) is 28.9. The van der Waals surface area contributed by atoms with Crippen LogP contribution in [0.15, 0.2) is 48.5 Å². The van der Waals surface area contributed by atoms with Crippen molar-refractivity contribution in [2.24, 2.45) is 0 Å². The molecule has 1 atom stereocenters. The molecule has 0 aliphatic rings.